The largest absolute Gasteiger partial charge is 0.496 e. The molecule has 0 saturated carbocycles. The van der Waals surface area contributed by atoms with Gasteiger partial charge in [0.25, 0.3) is 11.8 Å². The van der Waals surface area contributed by atoms with E-state index in [4.69, 9.17) is 4.74 Å². The standard InChI is InChI=1S/C25H23N3O3/c1-16-11-12-20(17(2)14-16)27-23-22(19-9-4-5-10-21(19)31-3)24(29)28(25(23)30)15-18-8-6-7-13-26-18/h4-14,27H,15H2,1-3H3. The number of methoxy groups -OCH3 is 1. The Kier molecular flexibility index (Phi) is 5.54. The van der Waals surface area contributed by atoms with Crippen LogP contribution in [0.25, 0.3) is 5.57 Å². The Balaban J connectivity index is 1.80. The molecule has 6 heteroatoms. The van der Waals surface area contributed by atoms with E-state index in [2.05, 4.69) is 10.3 Å². The smallest absolute Gasteiger partial charge is 0.278 e. The number of hydrogen-bond acceptors (Lipinski definition) is 5. The number of hydrogen-bond donors (Lipinski definition) is 1. The number of nitrogens with zero attached hydrogens (tertiary/aromatic N) is 2. The van der Waals surface area contributed by atoms with Gasteiger partial charge in [-0.05, 0) is 43.7 Å². The van der Waals surface area contributed by atoms with Crippen molar-refractivity contribution in [2.75, 3.05) is 12.4 Å². The Morgan fingerprint density at radius 2 is 1.74 bits per heavy atom. The fourth-order valence-corrected chi connectivity index (χ4v) is 3.68. The Morgan fingerprint density at radius 3 is 2.45 bits per heavy atom. The quantitative estimate of drug-likeness (QED) is 0.616. The summed E-state index contributed by atoms with van der Waals surface area (Å²) >= 11 is 0. The lowest BCUT2D eigenvalue weighted by Gasteiger charge is -2.15. The number of carbonyl (C=O) groups is 2. The van der Waals surface area contributed by atoms with Crippen molar-refractivity contribution in [1.29, 1.82) is 0 Å². The molecule has 0 spiro atoms. The van der Waals surface area contributed by atoms with E-state index in [9.17, 15) is 9.59 Å². The third-order valence-electron chi connectivity index (χ3n) is 5.23. The van der Waals surface area contributed by atoms with Gasteiger partial charge in [-0.3, -0.25) is 19.5 Å². The molecule has 2 heterocycles. The molecule has 0 radical (unpaired) electrons. The predicted octanol–water partition coefficient (Wildman–Crippen LogP) is 4.10. The van der Waals surface area contributed by atoms with Crippen molar-refractivity contribution in [1.82, 2.24) is 9.88 Å². The highest BCUT2D eigenvalue weighted by molar-refractivity contribution is 6.37. The number of amides is 2. The Morgan fingerprint density at radius 1 is 0.968 bits per heavy atom. The van der Waals surface area contributed by atoms with Crippen LogP contribution in [-0.4, -0.2) is 28.8 Å². The van der Waals surface area contributed by atoms with Crippen molar-refractivity contribution in [3.8, 4) is 5.75 Å². The van der Waals surface area contributed by atoms with E-state index in [1.54, 1.807) is 37.6 Å². The van der Waals surface area contributed by atoms with Crippen molar-refractivity contribution < 1.29 is 14.3 Å². The van der Waals surface area contributed by atoms with E-state index in [-0.39, 0.29) is 18.1 Å². The SMILES string of the molecule is COc1ccccc1C1=C(Nc2ccc(C)cc2C)C(=O)N(Cc2ccccn2)C1=O. The maximum absolute atomic E-state index is 13.5. The first-order valence-electron chi connectivity index (χ1n) is 9.97. The maximum Gasteiger partial charge on any atom is 0.278 e. The van der Waals surface area contributed by atoms with E-state index in [0.717, 1.165) is 16.8 Å². The second-order valence-corrected chi connectivity index (χ2v) is 7.41. The van der Waals surface area contributed by atoms with Gasteiger partial charge >= 0.3 is 0 Å². The van der Waals surface area contributed by atoms with Crippen molar-refractivity contribution in [3.05, 3.63) is 94.9 Å². The molecule has 156 valence electrons. The van der Waals surface area contributed by atoms with E-state index in [1.807, 2.05) is 50.2 Å². The lowest BCUT2D eigenvalue weighted by atomic mass is 10.0. The van der Waals surface area contributed by atoms with E-state index in [0.29, 0.717) is 22.6 Å². The minimum absolute atomic E-state index is 0.0925. The van der Waals surface area contributed by atoms with Crippen LogP contribution in [0.4, 0.5) is 5.69 Å². The molecule has 0 atom stereocenters. The Labute approximate surface area is 181 Å². The third kappa shape index (κ3) is 3.92. The Hall–Kier alpha value is -3.93. The van der Waals surface area contributed by atoms with Crippen LogP contribution in [0.3, 0.4) is 0 Å². The van der Waals surface area contributed by atoms with Crippen LogP contribution < -0.4 is 10.1 Å². The number of para-hydroxylation sites is 1. The fourth-order valence-electron chi connectivity index (χ4n) is 3.68. The highest BCUT2D eigenvalue weighted by atomic mass is 16.5. The van der Waals surface area contributed by atoms with Crippen molar-refractivity contribution in [3.63, 3.8) is 0 Å². The number of imide groups is 1. The van der Waals surface area contributed by atoms with Gasteiger partial charge in [0, 0.05) is 17.4 Å². The molecule has 0 aliphatic carbocycles. The first-order chi connectivity index (χ1) is 15.0. The molecule has 31 heavy (non-hydrogen) atoms. The molecular formula is C25H23N3O3. The fraction of sp³-hybridized carbons (Fsp3) is 0.160. The van der Waals surface area contributed by atoms with E-state index >= 15 is 0 Å². The highest BCUT2D eigenvalue weighted by Crippen LogP contribution is 2.36. The molecular weight excluding hydrogens is 390 g/mol. The molecule has 2 aromatic carbocycles. The van der Waals surface area contributed by atoms with Crippen molar-refractivity contribution in [2.45, 2.75) is 20.4 Å². The van der Waals surface area contributed by atoms with E-state index in [1.165, 1.54) is 4.90 Å². The van der Waals surface area contributed by atoms with Crippen molar-refractivity contribution in [2.24, 2.45) is 0 Å². The van der Waals surface area contributed by atoms with Gasteiger partial charge in [0.1, 0.15) is 11.4 Å². The molecule has 0 bridgehead atoms. The molecule has 0 fully saturated rings. The zero-order chi connectivity index (χ0) is 22.0. The molecule has 1 N–H and O–H groups in total. The number of ether oxygens (including phenoxy) is 1. The van der Waals surface area contributed by atoms with Crippen LogP contribution in [0.2, 0.25) is 0 Å². The molecule has 1 aromatic heterocycles. The summed E-state index contributed by atoms with van der Waals surface area (Å²) in [6, 6.07) is 18.5. The van der Waals surface area contributed by atoms with Crippen LogP contribution in [0.5, 0.6) is 5.75 Å². The number of anilines is 1. The number of aryl methyl sites for hydroxylation is 2. The maximum atomic E-state index is 13.5. The molecule has 1 aliphatic rings. The molecule has 6 nitrogen and oxygen atoms in total. The summed E-state index contributed by atoms with van der Waals surface area (Å²) in [5, 5.41) is 3.22. The van der Waals surface area contributed by atoms with Gasteiger partial charge in [0.15, 0.2) is 0 Å². The van der Waals surface area contributed by atoms with Crippen molar-refractivity contribution >= 4 is 23.1 Å². The first-order valence-corrected chi connectivity index (χ1v) is 9.97. The second kappa shape index (κ2) is 8.44. The average molecular weight is 413 g/mol. The molecule has 3 aromatic rings. The highest BCUT2D eigenvalue weighted by Gasteiger charge is 2.40. The van der Waals surface area contributed by atoms with Gasteiger partial charge in [-0.1, -0.05) is 42.0 Å². The van der Waals surface area contributed by atoms with Crippen LogP contribution in [-0.2, 0) is 16.1 Å². The molecule has 2 amide bonds. The topological polar surface area (TPSA) is 71.5 Å². The van der Waals surface area contributed by atoms with Gasteiger partial charge in [-0.15, -0.1) is 0 Å². The van der Waals surface area contributed by atoms with Gasteiger partial charge in [-0.2, -0.15) is 0 Å². The van der Waals surface area contributed by atoms with Crippen LogP contribution in [0.15, 0.2) is 72.6 Å². The summed E-state index contributed by atoms with van der Waals surface area (Å²) in [4.78, 5) is 32.3. The zero-order valence-corrected chi connectivity index (χ0v) is 17.7. The normalized spacial score (nSPS) is 13.7. The number of pyridine rings is 1. The lowest BCUT2D eigenvalue weighted by molar-refractivity contribution is -0.137. The molecule has 0 saturated heterocycles. The summed E-state index contributed by atoms with van der Waals surface area (Å²) in [5.41, 5.74) is 4.60. The van der Waals surface area contributed by atoms with Crippen LogP contribution in [0.1, 0.15) is 22.4 Å². The predicted molar refractivity (Wildman–Crippen MR) is 119 cm³/mol. The van der Waals surface area contributed by atoms with Gasteiger partial charge in [-0.25, -0.2) is 0 Å². The molecule has 0 unspecified atom stereocenters. The first kappa shape index (κ1) is 20.3. The van der Waals surface area contributed by atoms with Gasteiger partial charge in [0.05, 0.1) is 24.9 Å². The third-order valence-corrected chi connectivity index (χ3v) is 5.23. The number of aromatic nitrogens is 1. The zero-order valence-electron chi connectivity index (χ0n) is 17.7. The number of nitrogens with one attached hydrogen (secondary N) is 1. The Bertz CT molecular complexity index is 1190. The summed E-state index contributed by atoms with van der Waals surface area (Å²) in [7, 11) is 1.55. The van der Waals surface area contributed by atoms with Crippen LogP contribution >= 0.6 is 0 Å². The summed E-state index contributed by atoms with van der Waals surface area (Å²) in [6.45, 7) is 4.07. The monoisotopic (exact) mass is 413 g/mol. The van der Waals surface area contributed by atoms with Crippen LogP contribution in [0, 0.1) is 13.8 Å². The minimum Gasteiger partial charge on any atom is -0.496 e. The molecule has 4 rings (SSSR count). The average Bonchev–Trinajstić information content (AvgIpc) is 3.00. The van der Waals surface area contributed by atoms with Gasteiger partial charge < -0.3 is 10.1 Å². The summed E-state index contributed by atoms with van der Waals surface area (Å²) in [6.07, 6.45) is 1.64. The number of rotatable bonds is 6. The summed E-state index contributed by atoms with van der Waals surface area (Å²) in [5.74, 6) is -0.248. The van der Waals surface area contributed by atoms with E-state index < -0.39 is 5.91 Å². The number of carbonyl (C=O) groups excluding carboxylic acids is 2. The van der Waals surface area contributed by atoms with Gasteiger partial charge in [0.2, 0.25) is 0 Å². The summed E-state index contributed by atoms with van der Waals surface area (Å²) < 4.78 is 5.48. The number of benzene rings is 2. The lowest BCUT2D eigenvalue weighted by Crippen LogP contribution is -2.32. The molecule has 1 aliphatic heterocycles. The minimum atomic E-state index is -0.392. The second-order valence-electron chi connectivity index (χ2n) is 7.41.